The molecule has 0 aliphatic carbocycles. The van der Waals surface area contributed by atoms with Crippen LogP contribution in [0.1, 0.15) is 12.5 Å². The molecular formula is C16H19NO3S. The molecule has 1 aromatic heterocycles. The van der Waals surface area contributed by atoms with Gasteiger partial charge in [0.25, 0.3) is 0 Å². The first-order valence-corrected chi connectivity index (χ1v) is 7.85. The predicted molar refractivity (Wildman–Crippen MR) is 84.1 cm³/mol. The Labute approximate surface area is 128 Å². The zero-order chi connectivity index (χ0) is 14.9. The van der Waals surface area contributed by atoms with Gasteiger partial charge < -0.3 is 14.8 Å². The van der Waals surface area contributed by atoms with Gasteiger partial charge in [-0.3, -0.25) is 4.79 Å². The number of carbonyl (C=O) groups is 1. The van der Waals surface area contributed by atoms with Crippen molar-refractivity contribution in [1.82, 2.24) is 5.32 Å². The second-order valence-electron chi connectivity index (χ2n) is 4.41. The molecule has 1 N–H and O–H groups in total. The quantitative estimate of drug-likeness (QED) is 0.763. The molecule has 4 nitrogen and oxygen atoms in total. The fourth-order valence-corrected chi connectivity index (χ4v) is 2.47. The summed E-state index contributed by atoms with van der Waals surface area (Å²) in [6, 6.07) is 9.42. The van der Waals surface area contributed by atoms with E-state index in [0.29, 0.717) is 26.2 Å². The predicted octanol–water partition coefficient (Wildman–Crippen LogP) is 2.88. The smallest absolute Gasteiger partial charge is 0.224 e. The molecule has 5 heteroatoms. The fourth-order valence-electron chi connectivity index (χ4n) is 1.80. The van der Waals surface area contributed by atoms with Crippen LogP contribution in [0.3, 0.4) is 0 Å². The summed E-state index contributed by atoms with van der Waals surface area (Å²) in [5.74, 6) is 1.61. The highest BCUT2D eigenvalue weighted by Crippen LogP contribution is 2.17. The summed E-state index contributed by atoms with van der Waals surface area (Å²) in [7, 11) is 0. The molecule has 2 aromatic rings. The number of ether oxygens (including phenoxy) is 2. The molecule has 0 aliphatic rings. The summed E-state index contributed by atoms with van der Waals surface area (Å²) in [5.41, 5.74) is 1.05. The average Bonchev–Trinajstić information content (AvgIpc) is 2.98. The van der Waals surface area contributed by atoms with E-state index in [-0.39, 0.29) is 5.91 Å². The second-order valence-corrected chi connectivity index (χ2v) is 5.19. The lowest BCUT2D eigenvalue weighted by Crippen LogP contribution is -2.29. The van der Waals surface area contributed by atoms with E-state index >= 15 is 0 Å². The minimum atomic E-state index is 0.0173. The van der Waals surface area contributed by atoms with Gasteiger partial charge in [-0.15, -0.1) is 0 Å². The Morgan fingerprint density at radius 1 is 1.14 bits per heavy atom. The molecule has 0 spiro atoms. The van der Waals surface area contributed by atoms with Crippen LogP contribution < -0.4 is 14.8 Å². The molecular weight excluding hydrogens is 286 g/mol. The van der Waals surface area contributed by atoms with Crippen LogP contribution >= 0.6 is 11.3 Å². The minimum absolute atomic E-state index is 0.0173. The van der Waals surface area contributed by atoms with Gasteiger partial charge >= 0.3 is 0 Å². The maximum Gasteiger partial charge on any atom is 0.224 e. The maximum absolute atomic E-state index is 11.7. The third-order valence-corrected chi connectivity index (χ3v) is 3.50. The van der Waals surface area contributed by atoms with Gasteiger partial charge in [0.2, 0.25) is 5.91 Å². The van der Waals surface area contributed by atoms with Gasteiger partial charge in [-0.25, -0.2) is 0 Å². The van der Waals surface area contributed by atoms with Gasteiger partial charge in [0, 0.05) is 0 Å². The summed E-state index contributed by atoms with van der Waals surface area (Å²) in [5, 5.41) is 6.79. The number of nitrogens with one attached hydrogen (secondary N) is 1. The molecule has 0 saturated carbocycles. The van der Waals surface area contributed by atoms with Crippen LogP contribution in [0.25, 0.3) is 0 Å². The zero-order valence-corrected chi connectivity index (χ0v) is 12.8. The summed E-state index contributed by atoms with van der Waals surface area (Å²) < 4.78 is 10.9. The first-order valence-electron chi connectivity index (χ1n) is 6.91. The Balaban J connectivity index is 1.63. The van der Waals surface area contributed by atoms with Crippen molar-refractivity contribution in [1.29, 1.82) is 0 Å². The number of hydrogen-bond donors (Lipinski definition) is 1. The van der Waals surface area contributed by atoms with E-state index in [1.54, 1.807) is 11.3 Å². The first kappa shape index (κ1) is 15.4. The van der Waals surface area contributed by atoms with Crippen molar-refractivity contribution < 1.29 is 14.3 Å². The van der Waals surface area contributed by atoms with Gasteiger partial charge in [0.15, 0.2) is 0 Å². The Bertz CT molecular complexity index is 537. The van der Waals surface area contributed by atoms with Crippen molar-refractivity contribution in [3.63, 3.8) is 0 Å². The fraction of sp³-hybridized carbons (Fsp3) is 0.312. The topological polar surface area (TPSA) is 47.6 Å². The third-order valence-electron chi connectivity index (χ3n) is 2.77. The minimum Gasteiger partial charge on any atom is -0.494 e. The van der Waals surface area contributed by atoms with Gasteiger partial charge in [-0.1, -0.05) is 0 Å². The highest BCUT2D eigenvalue weighted by Gasteiger charge is 2.03. The number of amides is 1. The number of thiophene rings is 1. The zero-order valence-electron chi connectivity index (χ0n) is 12.0. The van der Waals surface area contributed by atoms with Gasteiger partial charge in [-0.2, -0.15) is 11.3 Å². The Morgan fingerprint density at radius 3 is 2.48 bits per heavy atom. The third kappa shape index (κ3) is 5.47. The molecule has 0 aliphatic heterocycles. The molecule has 0 saturated heterocycles. The van der Waals surface area contributed by atoms with Crippen LogP contribution in [0.5, 0.6) is 11.5 Å². The summed E-state index contributed by atoms with van der Waals surface area (Å²) in [6.07, 6.45) is 0.423. The number of rotatable bonds is 8. The van der Waals surface area contributed by atoms with Crippen LogP contribution in [-0.4, -0.2) is 25.7 Å². The summed E-state index contributed by atoms with van der Waals surface area (Å²) >= 11 is 1.60. The molecule has 0 radical (unpaired) electrons. The molecule has 0 bridgehead atoms. The standard InChI is InChI=1S/C16H19NO3S/c1-2-19-14-3-5-15(6-4-14)20-9-8-17-16(18)11-13-7-10-21-12-13/h3-7,10,12H,2,8-9,11H2,1H3,(H,17,18). The molecule has 0 unspecified atom stereocenters. The van der Waals surface area contributed by atoms with E-state index in [1.807, 2.05) is 48.0 Å². The summed E-state index contributed by atoms with van der Waals surface area (Å²) in [6.45, 7) is 3.54. The molecule has 21 heavy (non-hydrogen) atoms. The van der Waals surface area contributed by atoms with E-state index in [4.69, 9.17) is 9.47 Å². The molecule has 0 fully saturated rings. The molecule has 1 amide bonds. The monoisotopic (exact) mass is 305 g/mol. The van der Waals surface area contributed by atoms with E-state index in [2.05, 4.69) is 5.32 Å². The Morgan fingerprint density at radius 2 is 1.86 bits per heavy atom. The lowest BCUT2D eigenvalue weighted by molar-refractivity contribution is -0.120. The van der Waals surface area contributed by atoms with E-state index in [9.17, 15) is 4.79 Å². The molecule has 112 valence electrons. The molecule has 2 rings (SSSR count). The highest BCUT2D eigenvalue weighted by atomic mass is 32.1. The van der Waals surface area contributed by atoms with Crippen molar-refractivity contribution in [2.24, 2.45) is 0 Å². The molecule has 0 atom stereocenters. The van der Waals surface area contributed by atoms with Crippen LogP contribution in [-0.2, 0) is 11.2 Å². The Hall–Kier alpha value is -2.01. The van der Waals surface area contributed by atoms with Crippen LogP contribution in [0.4, 0.5) is 0 Å². The first-order chi connectivity index (χ1) is 10.3. The molecule has 1 heterocycles. The van der Waals surface area contributed by atoms with Gasteiger partial charge in [-0.05, 0) is 53.6 Å². The van der Waals surface area contributed by atoms with E-state index in [0.717, 1.165) is 17.1 Å². The molecule has 1 aromatic carbocycles. The average molecular weight is 305 g/mol. The van der Waals surface area contributed by atoms with E-state index < -0.39 is 0 Å². The van der Waals surface area contributed by atoms with Crippen molar-refractivity contribution in [2.75, 3.05) is 19.8 Å². The Kier molecular flexibility index (Phi) is 6.09. The van der Waals surface area contributed by atoms with Gasteiger partial charge in [0.05, 0.1) is 19.6 Å². The van der Waals surface area contributed by atoms with E-state index in [1.165, 1.54) is 0 Å². The number of carbonyl (C=O) groups excluding carboxylic acids is 1. The van der Waals surface area contributed by atoms with Crippen molar-refractivity contribution in [3.8, 4) is 11.5 Å². The van der Waals surface area contributed by atoms with Crippen LogP contribution in [0, 0.1) is 0 Å². The van der Waals surface area contributed by atoms with Crippen molar-refractivity contribution in [3.05, 3.63) is 46.7 Å². The highest BCUT2D eigenvalue weighted by molar-refractivity contribution is 7.07. The largest absolute Gasteiger partial charge is 0.494 e. The number of benzene rings is 1. The van der Waals surface area contributed by atoms with Crippen molar-refractivity contribution in [2.45, 2.75) is 13.3 Å². The summed E-state index contributed by atoms with van der Waals surface area (Å²) in [4.78, 5) is 11.7. The second kappa shape index (κ2) is 8.32. The normalized spacial score (nSPS) is 10.1. The lowest BCUT2D eigenvalue weighted by Gasteiger charge is -2.08. The maximum atomic E-state index is 11.7. The van der Waals surface area contributed by atoms with Gasteiger partial charge in [0.1, 0.15) is 18.1 Å². The number of hydrogen-bond acceptors (Lipinski definition) is 4. The SMILES string of the molecule is CCOc1ccc(OCCNC(=O)Cc2ccsc2)cc1. The van der Waals surface area contributed by atoms with Crippen LogP contribution in [0.15, 0.2) is 41.1 Å². The van der Waals surface area contributed by atoms with Crippen molar-refractivity contribution >= 4 is 17.2 Å². The van der Waals surface area contributed by atoms with Crippen LogP contribution in [0.2, 0.25) is 0 Å². The lowest BCUT2D eigenvalue weighted by atomic mass is 10.2.